The Kier molecular flexibility index (Phi) is 3.01. The predicted octanol–water partition coefficient (Wildman–Crippen LogP) is 3.85. The van der Waals surface area contributed by atoms with Gasteiger partial charge in [-0.25, -0.2) is 9.37 Å². The van der Waals surface area contributed by atoms with Crippen LogP contribution in [0.4, 0.5) is 17.6 Å². The molecule has 1 heterocycles. The van der Waals surface area contributed by atoms with Gasteiger partial charge in [0.05, 0.1) is 11.2 Å². The topological polar surface area (TPSA) is 22.1 Å². The Labute approximate surface area is 97.5 Å². The minimum absolute atomic E-state index is 0.401. The summed E-state index contributed by atoms with van der Waals surface area (Å²) in [6.07, 6.45) is -4.90. The highest BCUT2D eigenvalue weighted by atomic mass is 32.1. The van der Waals surface area contributed by atoms with Crippen LogP contribution in [0.2, 0.25) is 0 Å². The van der Waals surface area contributed by atoms with Gasteiger partial charge in [-0.05, 0) is 18.2 Å². The number of ether oxygens (including phenoxy) is 1. The van der Waals surface area contributed by atoms with E-state index in [1.807, 2.05) is 0 Å². The molecule has 0 N–H and O–H groups in total. The number of aromatic nitrogens is 1. The first-order valence-electron chi connectivity index (χ1n) is 4.39. The lowest BCUT2D eigenvalue weighted by Crippen LogP contribution is -2.17. The fraction of sp³-hybridized carbons (Fsp3) is 0.100. The Morgan fingerprint density at radius 2 is 2.00 bits per heavy atom. The molecular formula is C10H5F4NOS. The summed E-state index contributed by atoms with van der Waals surface area (Å²) < 4.78 is 52.5. The van der Waals surface area contributed by atoms with E-state index in [0.717, 1.165) is 12.1 Å². The summed E-state index contributed by atoms with van der Waals surface area (Å²) in [6.45, 7) is 0. The molecule has 0 radical (unpaired) electrons. The Morgan fingerprint density at radius 1 is 1.24 bits per heavy atom. The molecule has 1 aromatic heterocycles. The molecule has 0 aliphatic heterocycles. The third-order valence-corrected chi connectivity index (χ3v) is 2.47. The van der Waals surface area contributed by atoms with Crippen molar-refractivity contribution in [1.29, 1.82) is 0 Å². The molecule has 0 unspecified atom stereocenters. The highest BCUT2D eigenvalue weighted by Gasteiger charge is 2.32. The molecular weight excluding hydrogens is 258 g/mol. The molecule has 2 nitrogen and oxygen atoms in total. The second-order valence-corrected chi connectivity index (χ2v) is 3.79. The van der Waals surface area contributed by atoms with Gasteiger partial charge in [0.1, 0.15) is 0 Å². The summed E-state index contributed by atoms with van der Waals surface area (Å²) in [4.78, 5) is 3.92. The van der Waals surface area contributed by atoms with Gasteiger partial charge in [-0.1, -0.05) is 0 Å². The normalized spacial score (nSPS) is 11.5. The van der Waals surface area contributed by atoms with Crippen LogP contribution in [0.1, 0.15) is 0 Å². The Morgan fingerprint density at radius 3 is 2.53 bits per heavy atom. The van der Waals surface area contributed by atoms with Gasteiger partial charge in [0.25, 0.3) is 0 Å². The summed E-state index contributed by atoms with van der Waals surface area (Å²) in [5.41, 5.74) is 2.46. The van der Waals surface area contributed by atoms with Crippen LogP contribution in [0.5, 0.6) is 5.75 Å². The van der Waals surface area contributed by atoms with Crippen molar-refractivity contribution in [3.63, 3.8) is 0 Å². The van der Waals surface area contributed by atoms with Crippen molar-refractivity contribution in [1.82, 2.24) is 4.98 Å². The number of halogens is 4. The predicted molar refractivity (Wildman–Crippen MR) is 54.2 cm³/mol. The van der Waals surface area contributed by atoms with Gasteiger partial charge in [0, 0.05) is 10.9 Å². The van der Waals surface area contributed by atoms with Crippen molar-refractivity contribution in [3.05, 3.63) is 34.9 Å². The Bertz CT molecular complexity index is 510. The Balaban J connectivity index is 2.29. The van der Waals surface area contributed by atoms with Gasteiger partial charge in [0.15, 0.2) is 11.6 Å². The van der Waals surface area contributed by atoms with Crippen molar-refractivity contribution in [2.75, 3.05) is 0 Å². The van der Waals surface area contributed by atoms with E-state index < -0.39 is 17.9 Å². The van der Waals surface area contributed by atoms with Gasteiger partial charge < -0.3 is 4.74 Å². The van der Waals surface area contributed by atoms with Crippen molar-refractivity contribution in [3.8, 4) is 17.0 Å². The van der Waals surface area contributed by atoms with Crippen LogP contribution in [0.15, 0.2) is 29.1 Å². The average molecular weight is 263 g/mol. The molecule has 0 aliphatic rings. The largest absolute Gasteiger partial charge is 0.573 e. The average Bonchev–Trinajstić information content (AvgIpc) is 2.72. The third kappa shape index (κ3) is 2.94. The molecule has 0 atom stereocenters. The molecule has 0 fully saturated rings. The first kappa shape index (κ1) is 11.8. The molecule has 0 spiro atoms. The minimum Gasteiger partial charge on any atom is -0.403 e. The molecule has 0 amide bonds. The number of benzene rings is 1. The van der Waals surface area contributed by atoms with E-state index in [4.69, 9.17) is 0 Å². The zero-order valence-corrected chi connectivity index (χ0v) is 8.98. The lowest BCUT2D eigenvalue weighted by molar-refractivity contribution is -0.275. The Hall–Kier alpha value is -1.63. The second kappa shape index (κ2) is 4.33. The van der Waals surface area contributed by atoms with Gasteiger partial charge in [0.2, 0.25) is 0 Å². The molecule has 0 saturated carbocycles. The maximum Gasteiger partial charge on any atom is 0.573 e. The summed E-state index contributed by atoms with van der Waals surface area (Å²) in [5.74, 6) is -1.93. The summed E-state index contributed by atoms with van der Waals surface area (Å²) in [6, 6.07) is 3.20. The minimum atomic E-state index is -4.90. The van der Waals surface area contributed by atoms with Crippen LogP contribution in [0.25, 0.3) is 11.3 Å². The lowest BCUT2D eigenvalue weighted by atomic mass is 10.1. The van der Waals surface area contributed by atoms with E-state index in [9.17, 15) is 17.6 Å². The summed E-state index contributed by atoms with van der Waals surface area (Å²) in [5, 5.41) is 1.67. The van der Waals surface area contributed by atoms with Crippen molar-refractivity contribution < 1.29 is 22.3 Å². The van der Waals surface area contributed by atoms with E-state index in [-0.39, 0.29) is 0 Å². The van der Waals surface area contributed by atoms with Crippen molar-refractivity contribution in [2.45, 2.75) is 6.36 Å². The maximum absolute atomic E-state index is 13.3. The number of rotatable bonds is 2. The summed E-state index contributed by atoms with van der Waals surface area (Å²) in [7, 11) is 0. The van der Waals surface area contributed by atoms with Crippen LogP contribution >= 0.6 is 11.3 Å². The SMILES string of the molecule is Fc1cc(-c2cscn2)ccc1OC(F)(F)F. The van der Waals surface area contributed by atoms with E-state index in [2.05, 4.69) is 9.72 Å². The smallest absolute Gasteiger partial charge is 0.403 e. The van der Waals surface area contributed by atoms with Gasteiger partial charge >= 0.3 is 6.36 Å². The molecule has 7 heteroatoms. The number of alkyl halides is 3. The van der Waals surface area contributed by atoms with Gasteiger partial charge in [-0.15, -0.1) is 24.5 Å². The molecule has 0 bridgehead atoms. The zero-order valence-electron chi connectivity index (χ0n) is 8.16. The molecule has 2 aromatic rings. The van der Waals surface area contributed by atoms with Crippen molar-refractivity contribution >= 4 is 11.3 Å². The van der Waals surface area contributed by atoms with Gasteiger partial charge in [-0.3, -0.25) is 0 Å². The van der Waals surface area contributed by atoms with E-state index in [1.54, 1.807) is 10.9 Å². The van der Waals surface area contributed by atoms with E-state index >= 15 is 0 Å². The molecule has 90 valence electrons. The molecule has 1 aromatic carbocycles. The van der Waals surface area contributed by atoms with Crippen LogP contribution in [-0.2, 0) is 0 Å². The van der Waals surface area contributed by atoms with Crippen LogP contribution < -0.4 is 4.74 Å². The van der Waals surface area contributed by atoms with Crippen LogP contribution in [0, 0.1) is 5.82 Å². The number of thiazole rings is 1. The lowest BCUT2D eigenvalue weighted by Gasteiger charge is -2.09. The van der Waals surface area contributed by atoms with Crippen molar-refractivity contribution in [2.24, 2.45) is 0 Å². The highest BCUT2D eigenvalue weighted by molar-refractivity contribution is 7.07. The standard InChI is InChI=1S/C10H5F4NOS/c11-7-3-6(8-4-17-5-15-8)1-2-9(7)16-10(12,13)14/h1-5H. The number of nitrogens with zero attached hydrogens (tertiary/aromatic N) is 1. The van der Waals surface area contributed by atoms with E-state index in [1.165, 1.54) is 17.4 Å². The second-order valence-electron chi connectivity index (χ2n) is 3.07. The monoisotopic (exact) mass is 263 g/mol. The zero-order chi connectivity index (χ0) is 12.5. The molecule has 2 rings (SSSR count). The maximum atomic E-state index is 13.3. The number of hydrogen-bond acceptors (Lipinski definition) is 3. The molecule has 17 heavy (non-hydrogen) atoms. The third-order valence-electron chi connectivity index (χ3n) is 1.89. The first-order chi connectivity index (χ1) is 7.96. The van der Waals surface area contributed by atoms with Crippen LogP contribution in [-0.4, -0.2) is 11.3 Å². The fourth-order valence-corrected chi connectivity index (χ4v) is 1.78. The summed E-state index contributed by atoms with van der Waals surface area (Å²) >= 11 is 1.31. The highest BCUT2D eigenvalue weighted by Crippen LogP contribution is 2.29. The van der Waals surface area contributed by atoms with Crippen LogP contribution in [0.3, 0.4) is 0 Å². The van der Waals surface area contributed by atoms with Gasteiger partial charge in [-0.2, -0.15) is 0 Å². The molecule has 0 aliphatic carbocycles. The van der Waals surface area contributed by atoms with E-state index in [0.29, 0.717) is 11.3 Å². The fourth-order valence-electron chi connectivity index (χ4n) is 1.22. The molecule has 0 saturated heterocycles. The quantitative estimate of drug-likeness (QED) is 0.768. The number of hydrogen-bond donors (Lipinski definition) is 0. The first-order valence-corrected chi connectivity index (χ1v) is 5.34.